The Morgan fingerprint density at radius 3 is 2.80 bits per heavy atom. The molecule has 1 rings (SSSR count). The molecule has 56 valence electrons. The first kappa shape index (κ1) is 7.52. The summed E-state index contributed by atoms with van der Waals surface area (Å²) >= 11 is 0. The summed E-state index contributed by atoms with van der Waals surface area (Å²) in [6.07, 6.45) is 0. The molecule has 0 amide bonds. The number of nitriles is 1. The van der Waals surface area contributed by atoms with Gasteiger partial charge in [0.2, 0.25) is 0 Å². The highest BCUT2D eigenvalue weighted by Crippen LogP contribution is 2.14. The number of hydrogen-bond acceptors (Lipinski definition) is 3. The summed E-state index contributed by atoms with van der Waals surface area (Å²) in [5.74, 6) is 0. The predicted octanol–water partition coefficient (Wildman–Crippen LogP) is -0.244. The van der Waals surface area contributed by atoms with Crippen molar-refractivity contribution < 1.29 is 0 Å². The zero-order chi connectivity index (χ0) is 7.56. The Kier molecular flexibility index (Phi) is 2.25. The molecule has 0 bridgehead atoms. The third kappa shape index (κ3) is 1.98. The highest BCUT2D eigenvalue weighted by atomic mass is 15.3. The SMILES string of the molecule is CN(C)CCN1CC1C#N. The standard InChI is InChI=1S/C7H13N3/c1-9(2)3-4-10-6-7(10)5-8/h7H,3-4,6H2,1-2H3. The lowest BCUT2D eigenvalue weighted by Gasteiger charge is -2.08. The van der Waals surface area contributed by atoms with Gasteiger partial charge in [0, 0.05) is 19.6 Å². The summed E-state index contributed by atoms with van der Waals surface area (Å²) in [5.41, 5.74) is 0. The summed E-state index contributed by atoms with van der Waals surface area (Å²) in [5, 5.41) is 8.44. The second-order valence-electron chi connectivity index (χ2n) is 2.94. The van der Waals surface area contributed by atoms with E-state index in [2.05, 4.69) is 15.9 Å². The van der Waals surface area contributed by atoms with Gasteiger partial charge in [-0.2, -0.15) is 5.26 Å². The molecule has 1 aliphatic rings. The fraction of sp³-hybridized carbons (Fsp3) is 0.857. The summed E-state index contributed by atoms with van der Waals surface area (Å²) < 4.78 is 0. The minimum atomic E-state index is 0.222. The number of hydrogen-bond donors (Lipinski definition) is 0. The van der Waals surface area contributed by atoms with E-state index in [1.165, 1.54) is 0 Å². The van der Waals surface area contributed by atoms with Gasteiger partial charge in [-0.3, -0.25) is 4.90 Å². The van der Waals surface area contributed by atoms with Crippen LogP contribution >= 0.6 is 0 Å². The van der Waals surface area contributed by atoms with Crippen LogP contribution in [0, 0.1) is 11.3 Å². The predicted molar refractivity (Wildman–Crippen MR) is 39.5 cm³/mol. The van der Waals surface area contributed by atoms with Crippen molar-refractivity contribution in [3.63, 3.8) is 0 Å². The minimum Gasteiger partial charge on any atom is -0.308 e. The van der Waals surface area contributed by atoms with Crippen molar-refractivity contribution in [2.24, 2.45) is 0 Å². The quantitative estimate of drug-likeness (QED) is 0.505. The van der Waals surface area contributed by atoms with E-state index in [0.717, 1.165) is 19.6 Å². The van der Waals surface area contributed by atoms with Gasteiger partial charge in [-0.1, -0.05) is 0 Å². The van der Waals surface area contributed by atoms with E-state index in [-0.39, 0.29) is 6.04 Å². The topological polar surface area (TPSA) is 30.0 Å². The Bertz CT molecular complexity index is 147. The molecule has 2 unspecified atom stereocenters. The third-order valence-electron chi connectivity index (χ3n) is 1.70. The van der Waals surface area contributed by atoms with Gasteiger partial charge in [0.15, 0.2) is 0 Å². The fourth-order valence-electron chi connectivity index (χ4n) is 0.873. The van der Waals surface area contributed by atoms with Crippen molar-refractivity contribution in [3.05, 3.63) is 0 Å². The van der Waals surface area contributed by atoms with Crippen molar-refractivity contribution in [2.75, 3.05) is 33.7 Å². The van der Waals surface area contributed by atoms with E-state index in [0.29, 0.717) is 0 Å². The first-order valence-electron chi connectivity index (χ1n) is 3.52. The molecule has 0 spiro atoms. The molecular weight excluding hydrogens is 126 g/mol. The molecule has 0 saturated carbocycles. The van der Waals surface area contributed by atoms with Crippen LogP contribution in [0.5, 0.6) is 0 Å². The molecule has 1 aliphatic heterocycles. The molecule has 2 atom stereocenters. The maximum Gasteiger partial charge on any atom is 0.111 e. The Morgan fingerprint density at radius 2 is 2.40 bits per heavy atom. The summed E-state index contributed by atoms with van der Waals surface area (Å²) in [6.45, 7) is 3.06. The number of rotatable bonds is 3. The van der Waals surface area contributed by atoms with Crippen LogP contribution in [0.2, 0.25) is 0 Å². The molecule has 1 fully saturated rings. The molecule has 3 nitrogen and oxygen atoms in total. The van der Waals surface area contributed by atoms with Crippen molar-refractivity contribution in [2.45, 2.75) is 6.04 Å². The lowest BCUT2D eigenvalue weighted by molar-refractivity contribution is 0.364. The highest BCUT2D eigenvalue weighted by Gasteiger charge is 2.32. The van der Waals surface area contributed by atoms with Crippen LogP contribution in [0.1, 0.15) is 0 Å². The van der Waals surface area contributed by atoms with Crippen molar-refractivity contribution in [1.29, 1.82) is 5.26 Å². The Labute approximate surface area is 61.8 Å². The molecule has 0 aromatic rings. The lowest BCUT2D eigenvalue weighted by Crippen LogP contribution is -2.21. The molecule has 0 aromatic carbocycles. The summed E-state index contributed by atoms with van der Waals surface area (Å²) in [4.78, 5) is 4.30. The molecule has 0 aromatic heterocycles. The monoisotopic (exact) mass is 139 g/mol. The second-order valence-corrected chi connectivity index (χ2v) is 2.94. The van der Waals surface area contributed by atoms with Crippen molar-refractivity contribution >= 4 is 0 Å². The Morgan fingerprint density at radius 1 is 1.70 bits per heavy atom. The van der Waals surface area contributed by atoms with Crippen molar-refractivity contribution in [3.8, 4) is 6.07 Å². The molecular formula is C7H13N3. The van der Waals surface area contributed by atoms with Gasteiger partial charge in [0.25, 0.3) is 0 Å². The van der Waals surface area contributed by atoms with Crippen LogP contribution in [0.25, 0.3) is 0 Å². The van der Waals surface area contributed by atoms with E-state index in [1.807, 2.05) is 14.1 Å². The van der Waals surface area contributed by atoms with Crippen LogP contribution in [-0.4, -0.2) is 49.6 Å². The van der Waals surface area contributed by atoms with Crippen LogP contribution in [0.15, 0.2) is 0 Å². The summed E-state index contributed by atoms with van der Waals surface area (Å²) in [7, 11) is 4.09. The Balaban J connectivity index is 2.03. The van der Waals surface area contributed by atoms with E-state index in [1.54, 1.807) is 0 Å². The minimum absolute atomic E-state index is 0.222. The van der Waals surface area contributed by atoms with E-state index in [4.69, 9.17) is 5.26 Å². The van der Waals surface area contributed by atoms with Gasteiger partial charge in [0.1, 0.15) is 6.04 Å². The van der Waals surface area contributed by atoms with Crippen molar-refractivity contribution in [1.82, 2.24) is 9.80 Å². The highest BCUT2D eigenvalue weighted by molar-refractivity contribution is 5.05. The molecule has 3 heteroatoms. The lowest BCUT2D eigenvalue weighted by atomic mass is 10.5. The normalized spacial score (nSPS) is 30.2. The van der Waals surface area contributed by atoms with Gasteiger partial charge in [0.05, 0.1) is 6.07 Å². The molecule has 1 heterocycles. The summed E-state index contributed by atoms with van der Waals surface area (Å²) in [6, 6.07) is 2.44. The van der Waals surface area contributed by atoms with Crippen LogP contribution < -0.4 is 0 Å². The van der Waals surface area contributed by atoms with Gasteiger partial charge >= 0.3 is 0 Å². The van der Waals surface area contributed by atoms with Crippen LogP contribution in [0.4, 0.5) is 0 Å². The maximum atomic E-state index is 8.44. The first-order chi connectivity index (χ1) is 4.74. The third-order valence-corrected chi connectivity index (χ3v) is 1.70. The zero-order valence-corrected chi connectivity index (χ0v) is 6.54. The van der Waals surface area contributed by atoms with E-state index < -0.39 is 0 Å². The first-order valence-corrected chi connectivity index (χ1v) is 3.52. The van der Waals surface area contributed by atoms with E-state index >= 15 is 0 Å². The molecule has 10 heavy (non-hydrogen) atoms. The van der Waals surface area contributed by atoms with Crippen LogP contribution in [0.3, 0.4) is 0 Å². The average Bonchev–Trinajstić information content (AvgIpc) is 2.61. The maximum absolute atomic E-state index is 8.44. The smallest absolute Gasteiger partial charge is 0.111 e. The molecule has 0 aliphatic carbocycles. The molecule has 0 radical (unpaired) electrons. The zero-order valence-electron chi connectivity index (χ0n) is 6.54. The molecule has 1 saturated heterocycles. The Hall–Kier alpha value is -0.590. The fourth-order valence-corrected chi connectivity index (χ4v) is 0.873. The van der Waals surface area contributed by atoms with Gasteiger partial charge in [-0.15, -0.1) is 0 Å². The number of likely N-dealkylation sites (N-methyl/N-ethyl adjacent to an activating group) is 1. The second kappa shape index (κ2) is 3.00. The largest absolute Gasteiger partial charge is 0.308 e. The van der Waals surface area contributed by atoms with E-state index in [9.17, 15) is 0 Å². The van der Waals surface area contributed by atoms with Crippen LogP contribution in [-0.2, 0) is 0 Å². The van der Waals surface area contributed by atoms with Gasteiger partial charge < -0.3 is 4.90 Å². The average molecular weight is 139 g/mol. The molecule has 0 N–H and O–H groups in total. The number of nitrogens with zero attached hydrogens (tertiary/aromatic N) is 3. The van der Waals surface area contributed by atoms with Gasteiger partial charge in [-0.05, 0) is 14.1 Å². The van der Waals surface area contributed by atoms with Gasteiger partial charge in [-0.25, -0.2) is 0 Å².